The molecular formula is C11H15Na3O7. The van der Waals surface area contributed by atoms with E-state index in [-0.39, 0.29) is 112 Å². The minimum absolute atomic E-state index is 0. The fourth-order valence-corrected chi connectivity index (χ4v) is 0.998. The van der Waals surface area contributed by atoms with Gasteiger partial charge in [-0.3, -0.25) is 0 Å². The summed E-state index contributed by atoms with van der Waals surface area (Å²) in [5, 5.41) is 33.4. The number of carboxylic acids is 3. The molecule has 4 N–H and O–H groups in total. The molecule has 10 heteroatoms. The number of benzene rings is 1. The van der Waals surface area contributed by atoms with Crippen LogP contribution in [0.4, 0.5) is 0 Å². The fourth-order valence-electron chi connectivity index (χ4n) is 0.998. The maximum absolute atomic E-state index is 10.6. The number of carbonyl (C=O) groups is 3. The molecule has 0 aliphatic rings. The van der Waals surface area contributed by atoms with E-state index in [4.69, 9.17) is 20.4 Å². The third kappa shape index (κ3) is 11.8. The van der Waals surface area contributed by atoms with Crippen molar-refractivity contribution in [2.75, 3.05) is 6.61 Å². The number of hydrogen-bond donors (Lipinski definition) is 4. The van der Waals surface area contributed by atoms with Crippen LogP contribution >= 0.6 is 0 Å². The van der Waals surface area contributed by atoms with E-state index >= 15 is 0 Å². The van der Waals surface area contributed by atoms with E-state index in [1.165, 1.54) is 0 Å². The molecule has 0 atom stereocenters. The maximum atomic E-state index is 10.6. The summed E-state index contributed by atoms with van der Waals surface area (Å²) < 4.78 is 0. The van der Waals surface area contributed by atoms with Crippen molar-refractivity contribution < 1.29 is 34.8 Å². The van der Waals surface area contributed by atoms with Crippen molar-refractivity contribution in [3.63, 3.8) is 0 Å². The molecule has 1 aromatic rings. The number of aliphatic hydroxyl groups excluding tert-OH is 1. The van der Waals surface area contributed by atoms with E-state index in [0.29, 0.717) is 0 Å². The quantitative estimate of drug-likeness (QED) is 0.514. The van der Waals surface area contributed by atoms with Crippen LogP contribution in [-0.2, 0) is 0 Å². The van der Waals surface area contributed by atoms with Crippen LogP contribution in [-0.4, -0.2) is 134 Å². The average Bonchev–Trinajstić information content (AvgIpc) is 2.29. The van der Waals surface area contributed by atoms with Gasteiger partial charge < -0.3 is 20.4 Å². The second-order valence-corrected chi connectivity index (χ2v) is 3.03. The summed E-state index contributed by atoms with van der Waals surface area (Å²) in [6, 6.07) is 2.70. The molecule has 1 rings (SSSR count). The Labute approximate surface area is 187 Å². The molecule has 1 aromatic carbocycles. The van der Waals surface area contributed by atoms with Crippen LogP contribution in [0.25, 0.3) is 0 Å². The second-order valence-electron chi connectivity index (χ2n) is 3.03. The number of rotatable bonds is 3. The Kier molecular flexibility index (Phi) is 21.8. The predicted molar refractivity (Wildman–Crippen MR) is 81.5 cm³/mol. The zero-order chi connectivity index (χ0) is 14.3. The second kappa shape index (κ2) is 15.5. The van der Waals surface area contributed by atoms with E-state index in [9.17, 15) is 14.4 Å². The number of aliphatic hydroxyl groups is 1. The van der Waals surface area contributed by atoms with E-state index in [2.05, 4.69) is 0 Å². The van der Waals surface area contributed by atoms with Crippen molar-refractivity contribution in [1.29, 1.82) is 0 Å². The number of carboxylic acid groups (broad SMARTS) is 3. The summed E-state index contributed by atoms with van der Waals surface area (Å²) in [6.07, 6.45) is 0. The van der Waals surface area contributed by atoms with Crippen LogP contribution in [0.5, 0.6) is 0 Å². The van der Waals surface area contributed by atoms with E-state index in [1.54, 1.807) is 6.92 Å². The first-order valence-electron chi connectivity index (χ1n) is 4.79. The Hall–Kier alpha value is 0.590. The van der Waals surface area contributed by atoms with E-state index in [1.807, 2.05) is 0 Å². The monoisotopic (exact) mass is 328 g/mol. The first-order chi connectivity index (χ1) is 8.33. The predicted octanol–water partition coefficient (Wildman–Crippen LogP) is -1.17. The summed E-state index contributed by atoms with van der Waals surface area (Å²) >= 11 is 0. The van der Waals surface area contributed by atoms with E-state index in [0.717, 1.165) is 18.2 Å². The van der Waals surface area contributed by atoms with Gasteiger partial charge in [-0.2, -0.15) is 0 Å². The minimum atomic E-state index is -1.37. The first-order valence-corrected chi connectivity index (χ1v) is 4.79. The molecule has 0 unspecified atom stereocenters. The van der Waals surface area contributed by atoms with Crippen molar-refractivity contribution in [1.82, 2.24) is 0 Å². The molecule has 0 spiro atoms. The zero-order valence-electron chi connectivity index (χ0n) is 9.45. The first kappa shape index (κ1) is 29.6. The molecule has 0 aliphatic carbocycles. The van der Waals surface area contributed by atoms with Gasteiger partial charge in [0.15, 0.2) is 0 Å². The van der Waals surface area contributed by atoms with Crippen LogP contribution in [0, 0.1) is 0 Å². The van der Waals surface area contributed by atoms with Gasteiger partial charge in [0.2, 0.25) is 0 Å². The summed E-state index contributed by atoms with van der Waals surface area (Å²) in [4.78, 5) is 31.7. The third-order valence-corrected chi connectivity index (χ3v) is 1.67. The normalized spacial score (nSPS) is 7.71. The molecule has 0 heterocycles. The van der Waals surface area contributed by atoms with Gasteiger partial charge in [0, 0.05) is 6.61 Å². The van der Waals surface area contributed by atoms with Gasteiger partial charge in [0.25, 0.3) is 0 Å². The number of aromatic carboxylic acids is 3. The van der Waals surface area contributed by atoms with Gasteiger partial charge in [0.1, 0.15) is 0 Å². The van der Waals surface area contributed by atoms with Crippen molar-refractivity contribution in [2.45, 2.75) is 6.92 Å². The van der Waals surface area contributed by atoms with Gasteiger partial charge >= 0.3 is 107 Å². The van der Waals surface area contributed by atoms with Crippen LogP contribution < -0.4 is 0 Å². The van der Waals surface area contributed by atoms with Gasteiger partial charge in [0.05, 0.1) is 16.7 Å². The molecule has 0 amide bonds. The summed E-state index contributed by atoms with van der Waals surface area (Å²) in [6.45, 7) is 1.93. The van der Waals surface area contributed by atoms with E-state index < -0.39 is 17.9 Å². The standard InChI is InChI=1S/C9H6O6.C2H6O.3Na.3H/c10-7(11)4-1-5(8(12)13)3-6(2-4)9(14)15;1-2-3;;;;;;/h1-3H,(H,10,11)(H,12,13)(H,14,15);3H,2H2,1H3;;;;;;. The van der Waals surface area contributed by atoms with Crippen molar-refractivity contribution >= 4 is 107 Å². The third-order valence-electron chi connectivity index (χ3n) is 1.67. The summed E-state index contributed by atoms with van der Waals surface area (Å²) in [7, 11) is 0. The van der Waals surface area contributed by atoms with Gasteiger partial charge in [-0.25, -0.2) is 14.4 Å². The molecule has 0 fully saturated rings. The topological polar surface area (TPSA) is 132 Å². The summed E-state index contributed by atoms with van der Waals surface area (Å²) in [5.41, 5.74) is -1.10. The molecule has 21 heavy (non-hydrogen) atoms. The molecule has 0 aromatic heterocycles. The fraction of sp³-hybridized carbons (Fsp3) is 0.182. The SMILES string of the molecule is CCO.O=C(O)c1cc(C(=O)O)cc(C(=O)O)c1.[NaH].[NaH].[NaH]. The van der Waals surface area contributed by atoms with Crippen molar-refractivity contribution in [3.8, 4) is 0 Å². The molecule has 0 aliphatic heterocycles. The Morgan fingerprint density at radius 3 is 1.00 bits per heavy atom. The number of hydrogen-bond acceptors (Lipinski definition) is 4. The molecule has 0 saturated heterocycles. The van der Waals surface area contributed by atoms with Crippen molar-refractivity contribution in [3.05, 3.63) is 34.9 Å². The van der Waals surface area contributed by atoms with Crippen LogP contribution in [0.2, 0.25) is 0 Å². The zero-order valence-corrected chi connectivity index (χ0v) is 9.45. The molecule has 0 bridgehead atoms. The molecule has 104 valence electrons. The van der Waals surface area contributed by atoms with Crippen LogP contribution in [0.15, 0.2) is 18.2 Å². The van der Waals surface area contributed by atoms with Crippen LogP contribution in [0.1, 0.15) is 38.0 Å². The Balaban J connectivity index is -0.000000222. The molecular weight excluding hydrogens is 313 g/mol. The Morgan fingerprint density at radius 1 is 0.762 bits per heavy atom. The van der Waals surface area contributed by atoms with Gasteiger partial charge in [-0.15, -0.1) is 0 Å². The van der Waals surface area contributed by atoms with Crippen LogP contribution in [0.3, 0.4) is 0 Å². The van der Waals surface area contributed by atoms with Crippen molar-refractivity contribution in [2.24, 2.45) is 0 Å². The average molecular weight is 328 g/mol. The van der Waals surface area contributed by atoms with Gasteiger partial charge in [-0.1, -0.05) is 0 Å². The molecule has 7 nitrogen and oxygen atoms in total. The molecule has 0 saturated carbocycles. The molecule has 0 radical (unpaired) electrons. The summed E-state index contributed by atoms with van der Waals surface area (Å²) in [5.74, 6) is -4.12. The Bertz CT molecular complexity index is 398. The Morgan fingerprint density at radius 2 is 0.905 bits per heavy atom. The van der Waals surface area contributed by atoms with Gasteiger partial charge in [-0.05, 0) is 25.1 Å².